The Labute approximate surface area is 156 Å². The molecule has 1 aliphatic carbocycles. The third-order valence-electron chi connectivity index (χ3n) is 4.73. The fraction of sp³-hybridized carbons (Fsp3) is 0.381. The van der Waals surface area contributed by atoms with Gasteiger partial charge >= 0.3 is 5.97 Å². The van der Waals surface area contributed by atoms with Crippen LogP contribution in [0.25, 0.3) is 5.57 Å². The Hall–Kier alpha value is -2.63. The minimum Gasteiger partial charge on any atom is -0.489 e. The van der Waals surface area contributed by atoms with Crippen molar-refractivity contribution >= 4 is 11.5 Å². The number of aliphatic carboxylic acids is 1. The molecular weight excluding hydrogens is 354 g/mol. The number of hydrogen-bond donors (Lipinski definition) is 1. The summed E-state index contributed by atoms with van der Waals surface area (Å²) < 4.78 is 39.1. The molecule has 0 saturated carbocycles. The van der Waals surface area contributed by atoms with Crippen molar-refractivity contribution in [2.75, 3.05) is 6.61 Å². The number of aryl methyl sites for hydroxylation is 2. The molecule has 27 heavy (non-hydrogen) atoms. The van der Waals surface area contributed by atoms with E-state index in [-0.39, 0.29) is 32.3 Å². The van der Waals surface area contributed by atoms with Crippen LogP contribution in [0.15, 0.2) is 46.6 Å². The molecule has 0 radical (unpaired) electrons. The Morgan fingerprint density at radius 2 is 2.15 bits per heavy atom. The fourth-order valence-electron chi connectivity index (χ4n) is 3.32. The maximum Gasteiger partial charge on any atom is 0.303 e. The van der Waals surface area contributed by atoms with Crippen molar-refractivity contribution in [1.29, 1.82) is 0 Å². The zero-order valence-electron chi connectivity index (χ0n) is 15.1. The van der Waals surface area contributed by atoms with E-state index in [2.05, 4.69) is 0 Å². The summed E-state index contributed by atoms with van der Waals surface area (Å²) in [5.74, 6) is -2.35. The number of carboxylic acid groups (broad SMARTS) is 1. The van der Waals surface area contributed by atoms with Gasteiger partial charge in [0.05, 0.1) is 6.26 Å². The second-order valence-electron chi connectivity index (χ2n) is 6.87. The summed E-state index contributed by atoms with van der Waals surface area (Å²) in [5, 5.41) is 8.77. The second-order valence-corrected chi connectivity index (χ2v) is 6.87. The third-order valence-corrected chi connectivity index (χ3v) is 4.73. The first-order valence-corrected chi connectivity index (χ1v) is 8.91. The van der Waals surface area contributed by atoms with Gasteiger partial charge in [-0.2, -0.15) is 0 Å². The molecule has 1 aromatic carbocycles. The summed E-state index contributed by atoms with van der Waals surface area (Å²) in [6.07, 6.45) is 1.77. The smallest absolute Gasteiger partial charge is 0.303 e. The zero-order chi connectivity index (χ0) is 19.4. The lowest BCUT2D eigenvalue weighted by Gasteiger charge is -2.26. The van der Waals surface area contributed by atoms with Gasteiger partial charge in [0.15, 0.2) is 0 Å². The molecular formula is C21H22F2O4. The highest BCUT2D eigenvalue weighted by molar-refractivity contribution is 5.67. The minimum absolute atomic E-state index is 0.0636. The number of hydrogen-bond acceptors (Lipinski definition) is 3. The summed E-state index contributed by atoms with van der Waals surface area (Å²) in [4.78, 5) is 10.7. The number of carbonyl (C=O) groups is 1. The first-order valence-electron chi connectivity index (χ1n) is 8.91. The van der Waals surface area contributed by atoms with Gasteiger partial charge in [-0.3, -0.25) is 4.79 Å². The molecule has 6 heteroatoms. The molecule has 0 spiro atoms. The number of carboxylic acids is 1. The summed E-state index contributed by atoms with van der Waals surface area (Å²) >= 11 is 0. The van der Waals surface area contributed by atoms with Crippen LogP contribution in [0.5, 0.6) is 5.75 Å². The number of rotatable bonds is 7. The molecule has 3 rings (SSSR count). The molecule has 0 amide bonds. The van der Waals surface area contributed by atoms with E-state index in [0.717, 1.165) is 16.7 Å². The van der Waals surface area contributed by atoms with Crippen LogP contribution in [0.3, 0.4) is 0 Å². The van der Waals surface area contributed by atoms with Gasteiger partial charge < -0.3 is 14.3 Å². The van der Waals surface area contributed by atoms with Crippen LogP contribution in [-0.2, 0) is 11.2 Å². The van der Waals surface area contributed by atoms with Gasteiger partial charge in [-0.15, -0.1) is 0 Å². The highest BCUT2D eigenvalue weighted by Gasteiger charge is 2.36. The number of halogens is 2. The van der Waals surface area contributed by atoms with Crippen LogP contribution in [0, 0.1) is 6.92 Å². The molecule has 1 N–H and O–H groups in total. The largest absolute Gasteiger partial charge is 0.489 e. The first-order chi connectivity index (χ1) is 12.8. The normalized spacial score (nSPS) is 16.4. The Morgan fingerprint density at radius 1 is 1.33 bits per heavy atom. The Balaban J connectivity index is 1.74. The van der Waals surface area contributed by atoms with Crippen molar-refractivity contribution in [3.63, 3.8) is 0 Å². The van der Waals surface area contributed by atoms with Crippen LogP contribution in [0.2, 0.25) is 0 Å². The summed E-state index contributed by atoms with van der Waals surface area (Å²) in [5.41, 5.74) is 3.10. The quantitative estimate of drug-likeness (QED) is 0.716. The van der Waals surface area contributed by atoms with Crippen LogP contribution >= 0.6 is 0 Å². The summed E-state index contributed by atoms with van der Waals surface area (Å²) in [6, 6.07) is 8.97. The van der Waals surface area contributed by atoms with Crippen molar-refractivity contribution in [3.05, 3.63) is 59.1 Å². The van der Waals surface area contributed by atoms with Crippen LogP contribution in [0.4, 0.5) is 8.78 Å². The van der Waals surface area contributed by atoms with E-state index >= 15 is 0 Å². The predicted octanol–water partition coefficient (Wildman–Crippen LogP) is 5.26. The Morgan fingerprint density at radius 3 is 2.81 bits per heavy atom. The van der Waals surface area contributed by atoms with Gasteiger partial charge in [-0.25, -0.2) is 8.78 Å². The van der Waals surface area contributed by atoms with E-state index < -0.39 is 11.9 Å². The number of ether oxygens (including phenoxy) is 1. The molecule has 0 atom stereocenters. The van der Waals surface area contributed by atoms with Crippen LogP contribution < -0.4 is 4.74 Å². The number of allylic oxidation sites excluding steroid dienone is 1. The SMILES string of the molecule is Cc1cc(CCC(=O)O)ccc1OCC1=C(c2ccco2)CCC(F)(F)C1. The molecule has 1 aliphatic rings. The average Bonchev–Trinajstić information content (AvgIpc) is 3.13. The van der Waals surface area contributed by atoms with Crippen molar-refractivity contribution in [1.82, 2.24) is 0 Å². The molecule has 0 bridgehead atoms. The molecule has 144 valence electrons. The zero-order valence-corrected chi connectivity index (χ0v) is 15.1. The van der Waals surface area contributed by atoms with E-state index in [1.165, 1.54) is 6.26 Å². The van der Waals surface area contributed by atoms with Gasteiger partial charge in [-0.1, -0.05) is 12.1 Å². The van der Waals surface area contributed by atoms with E-state index in [0.29, 0.717) is 23.5 Å². The summed E-state index contributed by atoms with van der Waals surface area (Å²) in [7, 11) is 0. The predicted molar refractivity (Wildman–Crippen MR) is 97.1 cm³/mol. The van der Waals surface area contributed by atoms with Crippen molar-refractivity contribution in [2.45, 2.75) is 45.0 Å². The molecule has 1 heterocycles. The molecule has 1 aromatic heterocycles. The van der Waals surface area contributed by atoms with Gasteiger partial charge in [0.2, 0.25) is 0 Å². The average molecular weight is 376 g/mol. The van der Waals surface area contributed by atoms with Crippen molar-refractivity contribution < 1.29 is 27.8 Å². The molecule has 0 unspecified atom stereocenters. The lowest BCUT2D eigenvalue weighted by atomic mass is 9.88. The van der Waals surface area contributed by atoms with Crippen molar-refractivity contribution in [2.24, 2.45) is 0 Å². The lowest BCUT2D eigenvalue weighted by Crippen LogP contribution is -2.24. The van der Waals surface area contributed by atoms with Gasteiger partial charge in [0.25, 0.3) is 5.92 Å². The Bertz CT molecular complexity index is 838. The highest BCUT2D eigenvalue weighted by atomic mass is 19.3. The lowest BCUT2D eigenvalue weighted by molar-refractivity contribution is -0.136. The molecule has 2 aromatic rings. The number of benzene rings is 1. The Kier molecular flexibility index (Phi) is 5.63. The van der Waals surface area contributed by atoms with E-state index in [4.69, 9.17) is 14.3 Å². The molecule has 0 saturated heterocycles. The van der Waals surface area contributed by atoms with Crippen molar-refractivity contribution in [3.8, 4) is 5.75 Å². The molecule has 4 nitrogen and oxygen atoms in total. The summed E-state index contributed by atoms with van der Waals surface area (Å²) in [6.45, 7) is 1.93. The first kappa shape index (κ1) is 19.1. The monoisotopic (exact) mass is 376 g/mol. The number of furan rings is 1. The minimum atomic E-state index is -2.73. The molecule has 0 fully saturated rings. The van der Waals surface area contributed by atoms with Gasteiger partial charge in [-0.05, 0) is 60.2 Å². The van der Waals surface area contributed by atoms with Crippen LogP contribution in [0.1, 0.15) is 42.6 Å². The van der Waals surface area contributed by atoms with Gasteiger partial charge in [0.1, 0.15) is 18.1 Å². The molecule has 0 aliphatic heterocycles. The van der Waals surface area contributed by atoms with Crippen LogP contribution in [-0.4, -0.2) is 23.6 Å². The topological polar surface area (TPSA) is 59.7 Å². The van der Waals surface area contributed by atoms with Gasteiger partial charge in [0, 0.05) is 19.3 Å². The van der Waals surface area contributed by atoms with E-state index in [9.17, 15) is 13.6 Å². The maximum absolute atomic E-state index is 13.9. The second kappa shape index (κ2) is 7.94. The third kappa shape index (κ3) is 4.96. The van der Waals surface area contributed by atoms with E-state index in [1.807, 2.05) is 19.1 Å². The fourth-order valence-corrected chi connectivity index (χ4v) is 3.32. The maximum atomic E-state index is 13.9. The number of alkyl halides is 2. The standard InChI is InChI=1S/C21H22F2O4/c1-14-11-15(5-7-20(24)25)4-6-18(14)27-13-16-12-21(22,23)9-8-17(16)19-3-2-10-26-19/h2-4,6,10-11H,5,7-9,12-13H2,1H3,(H,24,25). The van der Waals surface area contributed by atoms with E-state index in [1.54, 1.807) is 18.2 Å². The highest BCUT2D eigenvalue weighted by Crippen LogP contribution is 2.41.